The smallest absolute Gasteiger partial charge is 0.338 e. The second-order valence-corrected chi connectivity index (χ2v) is 11.0. The van der Waals surface area contributed by atoms with Gasteiger partial charge >= 0.3 is 5.97 Å². The van der Waals surface area contributed by atoms with Crippen LogP contribution in [0.3, 0.4) is 0 Å². The number of ether oxygens (including phenoxy) is 1. The lowest BCUT2D eigenvalue weighted by Gasteiger charge is -2.28. The Labute approximate surface area is 235 Å². The second kappa shape index (κ2) is 11.1. The number of halogens is 1. The van der Waals surface area contributed by atoms with Gasteiger partial charge < -0.3 is 10.1 Å². The summed E-state index contributed by atoms with van der Waals surface area (Å²) in [7, 11) is 0. The minimum absolute atomic E-state index is 0.179. The number of fused-ring (bicyclic) bond motifs is 1. The van der Waals surface area contributed by atoms with Gasteiger partial charge in [-0.3, -0.25) is 19.3 Å². The van der Waals surface area contributed by atoms with E-state index in [1.807, 2.05) is 38.1 Å². The molecule has 1 aliphatic heterocycles. The van der Waals surface area contributed by atoms with E-state index in [4.69, 9.17) is 4.74 Å². The zero-order valence-electron chi connectivity index (χ0n) is 21.8. The van der Waals surface area contributed by atoms with Crippen LogP contribution in [-0.2, 0) is 19.1 Å². The fourth-order valence-electron chi connectivity index (χ4n) is 5.53. The van der Waals surface area contributed by atoms with Gasteiger partial charge in [-0.25, -0.2) is 4.79 Å². The van der Waals surface area contributed by atoms with Gasteiger partial charge in [-0.05, 0) is 92.1 Å². The average Bonchev–Trinajstić information content (AvgIpc) is 3.21. The quantitative estimate of drug-likeness (QED) is 0.284. The number of esters is 1. The van der Waals surface area contributed by atoms with E-state index in [1.54, 1.807) is 18.2 Å². The van der Waals surface area contributed by atoms with Gasteiger partial charge in [-0.1, -0.05) is 46.3 Å². The molecule has 200 valence electrons. The van der Waals surface area contributed by atoms with Crippen LogP contribution in [-0.4, -0.2) is 30.3 Å². The SMILES string of the molecule is Cc1c(Br)ccc(NC(=O)COC(=O)c2ccc(N3C(=O)[C@@H]4CC[C@@H](c5ccccc5)C[C@H]4C3=O)cc2)c1C. The number of hydrogen-bond donors (Lipinski definition) is 1. The van der Waals surface area contributed by atoms with Gasteiger partial charge in [0.15, 0.2) is 6.61 Å². The number of carbonyl (C=O) groups is 4. The zero-order valence-corrected chi connectivity index (χ0v) is 23.4. The summed E-state index contributed by atoms with van der Waals surface area (Å²) >= 11 is 3.46. The Morgan fingerprint density at radius 2 is 1.59 bits per heavy atom. The van der Waals surface area contributed by atoms with E-state index in [0.717, 1.165) is 22.0 Å². The van der Waals surface area contributed by atoms with Crippen molar-refractivity contribution in [3.8, 4) is 0 Å². The number of nitrogens with zero attached hydrogens (tertiary/aromatic N) is 1. The predicted molar refractivity (Wildman–Crippen MR) is 151 cm³/mol. The summed E-state index contributed by atoms with van der Waals surface area (Å²) in [6.07, 6.45) is 2.20. The van der Waals surface area contributed by atoms with E-state index in [-0.39, 0.29) is 35.1 Å². The highest BCUT2D eigenvalue weighted by atomic mass is 79.9. The van der Waals surface area contributed by atoms with Gasteiger partial charge in [0.1, 0.15) is 0 Å². The van der Waals surface area contributed by atoms with Crippen molar-refractivity contribution < 1.29 is 23.9 Å². The molecule has 8 heteroatoms. The summed E-state index contributed by atoms with van der Waals surface area (Å²) in [6.45, 7) is 3.40. The molecule has 1 aliphatic carbocycles. The molecule has 1 saturated carbocycles. The van der Waals surface area contributed by atoms with Gasteiger partial charge in [0, 0.05) is 10.2 Å². The van der Waals surface area contributed by atoms with Crippen LogP contribution in [0.2, 0.25) is 0 Å². The Kier molecular flexibility index (Phi) is 7.66. The van der Waals surface area contributed by atoms with Crippen LogP contribution >= 0.6 is 15.9 Å². The van der Waals surface area contributed by atoms with Crippen LogP contribution in [0, 0.1) is 25.7 Å². The highest BCUT2D eigenvalue weighted by Gasteiger charge is 2.50. The van der Waals surface area contributed by atoms with Gasteiger partial charge in [0.25, 0.3) is 5.91 Å². The number of carbonyl (C=O) groups excluding carboxylic acids is 4. The van der Waals surface area contributed by atoms with Gasteiger partial charge in [0.2, 0.25) is 11.8 Å². The van der Waals surface area contributed by atoms with Crippen molar-refractivity contribution in [1.82, 2.24) is 0 Å². The fourth-order valence-corrected chi connectivity index (χ4v) is 5.96. The highest BCUT2D eigenvalue weighted by Crippen LogP contribution is 2.45. The molecule has 39 heavy (non-hydrogen) atoms. The monoisotopic (exact) mass is 588 g/mol. The summed E-state index contributed by atoms with van der Waals surface area (Å²) < 4.78 is 6.13. The maximum atomic E-state index is 13.3. The number of hydrogen-bond acceptors (Lipinski definition) is 5. The molecule has 1 saturated heterocycles. The van der Waals surface area contributed by atoms with Crippen LogP contribution in [0.4, 0.5) is 11.4 Å². The molecule has 5 rings (SSSR count). The van der Waals surface area contributed by atoms with Crippen LogP contribution in [0.25, 0.3) is 0 Å². The summed E-state index contributed by atoms with van der Waals surface area (Å²) in [4.78, 5) is 52.6. The maximum Gasteiger partial charge on any atom is 0.338 e. The Morgan fingerprint density at radius 3 is 2.31 bits per heavy atom. The van der Waals surface area contributed by atoms with E-state index in [2.05, 4.69) is 33.4 Å². The first-order valence-electron chi connectivity index (χ1n) is 13.0. The second-order valence-electron chi connectivity index (χ2n) is 10.2. The first-order valence-corrected chi connectivity index (χ1v) is 13.8. The van der Waals surface area contributed by atoms with Crippen molar-refractivity contribution in [2.75, 3.05) is 16.8 Å². The third kappa shape index (κ3) is 5.39. The molecule has 3 atom stereocenters. The molecule has 0 spiro atoms. The minimum atomic E-state index is -0.668. The van der Waals surface area contributed by atoms with Crippen LogP contribution in [0.1, 0.15) is 52.2 Å². The summed E-state index contributed by atoms with van der Waals surface area (Å²) in [6, 6.07) is 19.9. The van der Waals surface area contributed by atoms with E-state index in [0.29, 0.717) is 24.2 Å². The lowest BCUT2D eigenvalue weighted by Crippen LogP contribution is -2.30. The third-order valence-corrected chi connectivity index (χ3v) is 8.75. The fraction of sp³-hybridized carbons (Fsp3) is 0.290. The molecule has 2 fully saturated rings. The molecule has 2 aliphatic rings. The Bertz CT molecular complexity index is 1440. The molecule has 0 unspecified atom stereocenters. The van der Waals surface area contributed by atoms with Gasteiger partial charge in [0.05, 0.1) is 23.1 Å². The molecule has 7 nitrogen and oxygen atoms in total. The molecule has 0 radical (unpaired) electrons. The number of imide groups is 1. The average molecular weight is 589 g/mol. The van der Waals surface area contributed by atoms with E-state index < -0.39 is 18.5 Å². The predicted octanol–water partition coefficient (Wildman–Crippen LogP) is 5.93. The largest absolute Gasteiger partial charge is 0.452 e. The van der Waals surface area contributed by atoms with Crippen molar-refractivity contribution >= 4 is 51.0 Å². The topological polar surface area (TPSA) is 92.8 Å². The normalized spacial score (nSPS) is 20.5. The first-order chi connectivity index (χ1) is 18.7. The van der Waals surface area contributed by atoms with Crippen LogP contribution < -0.4 is 10.2 Å². The Hall–Kier alpha value is -3.78. The van der Waals surface area contributed by atoms with Crippen molar-refractivity contribution in [2.45, 2.75) is 39.0 Å². The standard InChI is InChI=1S/C31H29BrN2O5/c1-18-19(2)27(15-14-26(18)32)33-28(35)17-39-31(38)21-8-11-23(12-9-21)34-29(36)24-13-10-22(16-25(24)30(34)37)20-6-4-3-5-7-20/h3-9,11-12,14-15,22,24-25H,10,13,16-17H2,1-2H3,(H,33,35)/t22-,24-,25-/m1/s1. The minimum Gasteiger partial charge on any atom is -0.452 e. The Balaban J connectivity index is 1.20. The van der Waals surface area contributed by atoms with E-state index in [9.17, 15) is 19.2 Å². The zero-order chi connectivity index (χ0) is 27.7. The maximum absolute atomic E-state index is 13.3. The van der Waals surface area contributed by atoms with Crippen molar-refractivity contribution in [3.63, 3.8) is 0 Å². The van der Waals surface area contributed by atoms with Crippen molar-refractivity contribution in [2.24, 2.45) is 11.8 Å². The molecular formula is C31H29BrN2O5. The number of rotatable bonds is 6. The van der Waals surface area contributed by atoms with Gasteiger partial charge in [-0.2, -0.15) is 0 Å². The summed E-state index contributed by atoms with van der Waals surface area (Å²) in [5, 5.41) is 2.76. The molecule has 3 amide bonds. The third-order valence-electron chi connectivity index (χ3n) is 7.89. The molecule has 0 aromatic heterocycles. The summed E-state index contributed by atoms with van der Waals surface area (Å²) in [5.74, 6) is -1.86. The molecular weight excluding hydrogens is 560 g/mol. The molecule has 1 heterocycles. The van der Waals surface area contributed by atoms with E-state index in [1.165, 1.54) is 22.6 Å². The molecule has 3 aromatic carbocycles. The van der Waals surface area contributed by atoms with Crippen molar-refractivity contribution in [1.29, 1.82) is 0 Å². The number of amides is 3. The molecule has 0 bridgehead atoms. The van der Waals surface area contributed by atoms with Gasteiger partial charge in [-0.15, -0.1) is 0 Å². The Morgan fingerprint density at radius 1 is 0.897 bits per heavy atom. The summed E-state index contributed by atoms with van der Waals surface area (Å²) in [5.41, 5.74) is 4.44. The lowest BCUT2D eigenvalue weighted by molar-refractivity contribution is -0.122. The highest BCUT2D eigenvalue weighted by molar-refractivity contribution is 9.10. The molecule has 1 N–H and O–H groups in total. The van der Waals surface area contributed by atoms with Crippen molar-refractivity contribution in [3.05, 3.63) is 93.5 Å². The van der Waals surface area contributed by atoms with E-state index >= 15 is 0 Å². The van der Waals surface area contributed by atoms with Crippen LogP contribution in [0.5, 0.6) is 0 Å². The van der Waals surface area contributed by atoms with Crippen LogP contribution in [0.15, 0.2) is 71.2 Å². The first kappa shape index (κ1) is 26.8. The number of benzene rings is 3. The molecule has 3 aromatic rings. The lowest BCUT2D eigenvalue weighted by atomic mass is 9.73. The number of nitrogens with one attached hydrogen (secondary N) is 1. The number of anilines is 2.